The predicted octanol–water partition coefficient (Wildman–Crippen LogP) is 29.3. The first kappa shape index (κ1) is 123. The Morgan fingerprint density at radius 3 is 0.756 bits per heavy atom. The van der Waals surface area contributed by atoms with Crippen molar-refractivity contribution >= 4 is 47.8 Å². The molecule has 10 saturated carbocycles. The van der Waals surface area contributed by atoms with Gasteiger partial charge in [-0.05, 0) is 275 Å². The number of ether oxygens (including phenoxy) is 8. The molecule has 16 heteroatoms. The predicted molar refractivity (Wildman–Crippen MR) is 499 cm³/mol. The number of carbonyl (C=O) groups excluding carboxylic acids is 8. The maximum Gasteiger partial charge on any atom is 0.308 e. The van der Waals surface area contributed by atoms with Crippen molar-refractivity contribution in [3.63, 3.8) is 0 Å². The van der Waals surface area contributed by atoms with Gasteiger partial charge < -0.3 is 37.9 Å². The zero-order chi connectivity index (χ0) is 94.1. The van der Waals surface area contributed by atoms with Crippen LogP contribution in [0.25, 0.3) is 0 Å². The molecule has 10 rings (SSSR count). The van der Waals surface area contributed by atoms with Crippen LogP contribution in [0.5, 0.6) is 0 Å². The van der Waals surface area contributed by atoms with Gasteiger partial charge in [0, 0.05) is 5.41 Å². The Morgan fingerprint density at radius 2 is 0.513 bits per heavy atom. The van der Waals surface area contributed by atoms with Crippen LogP contribution in [0.3, 0.4) is 0 Å². The molecule has 16 nitrogen and oxygen atoms in total. The van der Waals surface area contributed by atoms with Crippen LogP contribution in [0, 0.1) is 88.3 Å². The smallest absolute Gasteiger partial charge is 0.308 e. The fourth-order valence-electron chi connectivity index (χ4n) is 16.3. The lowest BCUT2D eigenvalue weighted by Gasteiger charge is -2.61. The third kappa shape index (κ3) is 53.6. The molecule has 0 amide bonds. The summed E-state index contributed by atoms with van der Waals surface area (Å²) in [5, 5.41) is 0. The van der Waals surface area contributed by atoms with Crippen molar-refractivity contribution in [3.8, 4) is 0 Å². The first-order chi connectivity index (χ1) is 54.8. The third-order valence-electron chi connectivity index (χ3n) is 22.8. The maximum absolute atomic E-state index is 12.0. The highest BCUT2D eigenvalue weighted by Gasteiger charge is 2.59. The van der Waals surface area contributed by atoms with Crippen LogP contribution in [-0.4, -0.2) is 92.6 Å². The molecule has 10 aliphatic rings. The summed E-state index contributed by atoms with van der Waals surface area (Å²) in [6.45, 7) is 81.4. The Hall–Kier alpha value is -4.24. The van der Waals surface area contributed by atoms with Crippen molar-refractivity contribution in [1.82, 2.24) is 0 Å². The van der Waals surface area contributed by atoms with E-state index in [4.69, 9.17) is 37.9 Å². The number of fused-ring (bicyclic) bond motifs is 2. The van der Waals surface area contributed by atoms with Crippen molar-refractivity contribution in [2.24, 2.45) is 88.3 Å². The molecule has 708 valence electrons. The summed E-state index contributed by atoms with van der Waals surface area (Å²) >= 11 is 0. The molecule has 119 heavy (non-hydrogen) atoms. The molecule has 0 saturated heterocycles. The molecule has 6 bridgehead atoms. The Bertz CT molecular complexity index is 2560. The standard InChI is InChI=1S/C17H28O2.C13H24O2.C12H20O2.C11H20O2.C10H18O2.3C8H16O2.C6H12.5C2H6/c1-11(2)15(18)19-16(3,4)17-8-12-5-13(9-17)7-14(6-12)10-17;1-10(2)12(14)15-13(3,4)11-8-6-5-7-9-11;1-8(2)11(13)14-12(3)7-9-4-5-10(12)6-9;1-9(2)10(12)13-11(3)7-5-4-6-8-11;1-8(2)9(11)12-10(3)6-4-5-7-10;3*1-6(2)7(9)10-8(3,4)5;1-2-4-6-5-3-1;5*1-2/h11-14H,5-10H2,1-4H3;10-11H,5-9H2,1-4H3;8-10H,4-7H2,1-3H3;9H,4-8H2,1-3H3;8H,4-7H2,1-3H3;3*6H,1-5H3;1-6H2;5*1-2H3. The molecule has 10 fully saturated rings. The number of hydrogen-bond donors (Lipinski definition) is 0. The van der Waals surface area contributed by atoms with E-state index in [0.29, 0.717) is 11.8 Å². The first-order valence-corrected chi connectivity index (χ1v) is 48.6. The van der Waals surface area contributed by atoms with Crippen LogP contribution < -0.4 is 0 Å². The second kappa shape index (κ2) is 61.2. The van der Waals surface area contributed by atoms with Gasteiger partial charge in [-0.15, -0.1) is 0 Å². The lowest BCUT2D eigenvalue weighted by Crippen LogP contribution is -2.57. The van der Waals surface area contributed by atoms with E-state index < -0.39 is 0 Å². The summed E-state index contributed by atoms with van der Waals surface area (Å²) in [5.41, 5.74) is -1.78. The normalized spacial score (nSPS) is 22.7. The largest absolute Gasteiger partial charge is 0.460 e. The van der Waals surface area contributed by atoms with Gasteiger partial charge in [-0.25, -0.2) is 0 Å². The Morgan fingerprint density at radius 1 is 0.269 bits per heavy atom. The van der Waals surface area contributed by atoms with Gasteiger partial charge in [0.2, 0.25) is 0 Å². The zero-order valence-corrected chi connectivity index (χ0v) is 86.3. The molecule has 0 spiro atoms. The molecule has 0 heterocycles. The molecular formula is C103H200O16. The molecule has 0 aromatic carbocycles. The van der Waals surface area contributed by atoms with Crippen LogP contribution in [-0.2, 0) is 76.3 Å². The van der Waals surface area contributed by atoms with Gasteiger partial charge in [0.05, 0.1) is 47.3 Å². The lowest BCUT2D eigenvalue weighted by molar-refractivity contribution is -0.201. The van der Waals surface area contributed by atoms with E-state index in [1.165, 1.54) is 161 Å². The van der Waals surface area contributed by atoms with Gasteiger partial charge in [0.1, 0.15) is 44.8 Å². The molecule has 0 aliphatic heterocycles. The van der Waals surface area contributed by atoms with Crippen LogP contribution in [0.15, 0.2) is 0 Å². The number of esters is 8. The van der Waals surface area contributed by atoms with E-state index in [9.17, 15) is 38.4 Å². The molecule has 3 atom stereocenters. The maximum atomic E-state index is 12.0. The van der Waals surface area contributed by atoms with Gasteiger partial charge in [0.15, 0.2) is 0 Å². The molecule has 0 aromatic rings. The molecule has 0 aromatic heterocycles. The highest BCUT2D eigenvalue weighted by Crippen LogP contribution is 2.64. The second-order valence-electron chi connectivity index (χ2n) is 41.3. The fourth-order valence-corrected chi connectivity index (χ4v) is 16.3. The summed E-state index contributed by atoms with van der Waals surface area (Å²) in [6.07, 6.45) is 38.7. The molecule has 0 N–H and O–H groups in total. The third-order valence-corrected chi connectivity index (χ3v) is 22.8. The topological polar surface area (TPSA) is 210 Å². The van der Waals surface area contributed by atoms with E-state index in [2.05, 4.69) is 41.5 Å². The molecule has 10 aliphatic carbocycles. The van der Waals surface area contributed by atoms with Gasteiger partial charge in [-0.2, -0.15) is 0 Å². The summed E-state index contributed by atoms with van der Waals surface area (Å²) in [6, 6.07) is 0. The molecule has 0 radical (unpaired) electrons. The summed E-state index contributed by atoms with van der Waals surface area (Å²) in [5.74, 6) is 3.98. The van der Waals surface area contributed by atoms with E-state index in [0.717, 1.165) is 55.8 Å². The summed E-state index contributed by atoms with van der Waals surface area (Å²) in [7, 11) is 0. The Balaban J connectivity index is -0.000000409. The SMILES string of the molecule is C1CCCCC1.CC.CC.CC.CC.CC.CC(C)C(=O)OC(C)(C)C.CC(C)C(=O)OC(C)(C)C.CC(C)C(=O)OC(C)(C)C.CC(C)C(=O)OC(C)(C)C12CC3CC(CC(C3)C1)C2.CC(C)C(=O)OC(C)(C)C1CCCCC1.CC(C)C(=O)OC1(C)CC2CCC1C2.CC(C)C(=O)OC1(C)CCCC1.CC(C)C(=O)OC1(C)CCCCC1. The number of carbonyl (C=O) groups is 8. The number of rotatable bonds is 15. The average molecular weight is 1690 g/mol. The second-order valence-corrected chi connectivity index (χ2v) is 41.3. The van der Waals surface area contributed by atoms with Gasteiger partial charge in [-0.1, -0.05) is 244 Å². The van der Waals surface area contributed by atoms with Crippen molar-refractivity contribution < 1.29 is 76.3 Å². The lowest BCUT2D eigenvalue weighted by atomic mass is 9.46. The van der Waals surface area contributed by atoms with Crippen LogP contribution in [0.1, 0.15) is 483 Å². The molecular weight excluding hydrogens is 1490 g/mol. The number of hydrogen-bond acceptors (Lipinski definition) is 16. The van der Waals surface area contributed by atoms with Crippen LogP contribution in [0.2, 0.25) is 0 Å². The zero-order valence-electron chi connectivity index (χ0n) is 86.3. The van der Waals surface area contributed by atoms with Crippen molar-refractivity contribution in [2.45, 2.75) is 528 Å². The van der Waals surface area contributed by atoms with Crippen molar-refractivity contribution in [1.29, 1.82) is 0 Å². The van der Waals surface area contributed by atoms with Crippen molar-refractivity contribution in [2.75, 3.05) is 0 Å². The van der Waals surface area contributed by atoms with Crippen LogP contribution >= 0.6 is 0 Å². The Kier molecular flexibility index (Phi) is 63.4. The highest BCUT2D eigenvalue weighted by atomic mass is 16.6. The average Bonchev–Trinajstić information content (AvgIpc) is 1.71. The van der Waals surface area contributed by atoms with Crippen molar-refractivity contribution in [3.05, 3.63) is 0 Å². The minimum absolute atomic E-state index is 0.00116. The minimum atomic E-state index is -0.346. The minimum Gasteiger partial charge on any atom is -0.460 e. The van der Waals surface area contributed by atoms with E-state index in [-0.39, 0.29) is 145 Å². The van der Waals surface area contributed by atoms with Gasteiger partial charge >= 0.3 is 47.8 Å². The fraction of sp³-hybridized carbons (Fsp3) is 0.922. The summed E-state index contributed by atoms with van der Waals surface area (Å²) < 4.78 is 43.3. The van der Waals surface area contributed by atoms with Gasteiger partial charge in [-0.3, -0.25) is 38.4 Å². The Labute approximate surface area is 736 Å². The quantitative estimate of drug-likeness (QED) is 0.110. The van der Waals surface area contributed by atoms with E-state index in [1.807, 2.05) is 249 Å². The monoisotopic (exact) mass is 1690 g/mol. The summed E-state index contributed by atoms with van der Waals surface area (Å²) in [4.78, 5) is 90.7. The van der Waals surface area contributed by atoms with E-state index >= 15 is 0 Å². The molecule has 3 unspecified atom stereocenters. The highest BCUT2D eigenvalue weighted by molar-refractivity contribution is 5.75. The van der Waals surface area contributed by atoms with Crippen LogP contribution in [0.4, 0.5) is 0 Å². The first-order valence-electron chi connectivity index (χ1n) is 48.6. The van der Waals surface area contributed by atoms with E-state index in [1.54, 1.807) is 0 Å². The van der Waals surface area contributed by atoms with Gasteiger partial charge in [0.25, 0.3) is 0 Å².